The fraction of sp³-hybridized carbons (Fsp3) is 0.385. The predicted octanol–water partition coefficient (Wildman–Crippen LogP) is 2.44. The molecule has 1 aliphatic carbocycles. The van der Waals surface area contributed by atoms with Crippen LogP contribution in [-0.2, 0) is 4.79 Å². The van der Waals surface area contributed by atoms with E-state index in [0.29, 0.717) is 5.56 Å². The number of hydrogen-bond donors (Lipinski definition) is 2. The second-order valence-corrected chi connectivity index (χ2v) is 6.72. The SMILES string of the molecule is NC(=O)[C@@H]1CCC[C@@H]1NC(=O)c1cc(Br)ccc1I. The van der Waals surface area contributed by atoms with Crippen molar-refractivity contribution in [2.24, 2.45) is 11.7 Å². The van der Waals surface area contributed by atoms with Crippen LogP contribution < -0.4 is 11.1 Å². The van der Waals surface area contributed by atoms with Crippen molar-refractivity contribution in [2.45, 2.75) is 25.3 Å². The standard InChI is InChI=1S/C13H14BrIN2O2/c14-7-4-5-10(15)9(6-7)13(19)17-11-3-1-2-8(11)12(16)18/h4-6,8,11H,1-3H2,(H2,16,18)(H,17,19)/t8-,11+/m1/s1. The molecule has 1 fully saturated rings. The normalized spacial score (nSPS) is 22.2. The first kappa shape index (κ1) is 14.8. The highest BCUT2D eigenvalue weighted by Gasteiger charge is 2.32. The molecule has 0 heterocycles. The van der Waals surface area contributed by atoms with Crippen molar-refractivity contribution in [3.05, 3.63) is 31.8 Å². The van der Waals surface area contributed by atoms with Crippen molar-refractivity contribution >= 4 is 50.3 Å². The van der Waals surface area contributed by atoms with E-state index in [1.54, 1.807) is 6.07 Å². The average molecular weight is 437 g/mol. The number of hydrogen-bond acceptors (Lipinski definition) is 2. The smallest absolute Gasteiger partial charge is 0.252 e. The van der Waals surface area contributed by atoms with E-state index < -0.39 is 0 Å². The van der Waals surface area contributed by atoms with Crippen molar-refractivity contribution in [3.63, 3.8) is 0 Å². The Morgan fingerprint density at radius 2 is 2.11 bits per heavy atom. The molecule has 0 unspecified atom stereocenters. The molecule has 1 aliphatic rings. The third-order valence-electron chi connectivity index (χ3n) is 3.37. The first-order chi connectivity index (χ1) is 8.99. The zero-order valence-electron chi connectivity index (χ0n) is 10.2. The summed E-state index contributed by atoms with van der Waals surface area (Å²) in [5.74, 6) is -0.718. The molecule has 19 heavy (non-hydrogen) atoms. The van der Waals surface area contributed by atoms with E-state index in [-0.39, 0.29) is 23.8 Å². The molecule has 4 nitrogen and oxygen atoms in total. The molecular formula is C13H14BrIN2O2. The summed E-state index contributed by atoms with van der Waals surface area (Å²) in [4.78, 5) is 23.6. The van der Waals surface area contributed by atoms with E-state index in [4.69, 9.17) is 5.73 Å². The Hall–Kier alpha value is -0.630. The van der Waals surface area contributed by atoms with Gasteiger partial charge in [0, 0.05) is 14.1 Å². The monoisotopic (exact) mass is 436 g/mol. The fourth-order valence-electron chi connectivity index (χ4n) is 2.39. The van der Waals surface area contributed by atoms with Crippen LogP contribution in [0.1, 0.15) is 29.6 Å². The van der Waals surface area contributed by atoms with Gasteiger partial charge in [0.2, 0.25) is 5.91 Å². The number of benzene rings is 1. The van der Waals surface area contributed by atoms with Crippen molar-refractivity contribution in [1.82, 2.24) is 5.32 Å². The van der Waals surface area contributed by atoms with E-state index >= 15 is 0 Å². The number of nitrogens with two attached hydrogens (primary N) is 1. The topological polar surface area (TPSA) is 72.2 Å². The molecule has 1 saturated carbocycles. The van der Waals surface area contributed by atoms with Gasteiger partial charge in [-0.3, -0.25) is 9.59 Å². The summed E-state index contributed by atoms with van der Waals surface area (Å²) >= 11 is 5.48. The van der Waals surface area contributed by atoms with Gasteiger partial charge in [-0.05, 0) is 53.6 Å². The Labute approximate surface area is 133 Å². The van der Waals surface area contributed by atoms with Gasteiger partial charge in [-0.15, -0.1) is 0 Å². The molecule has 0 spiro atoms. The molecule has 102 valence electrons. The average Bonchev–Trinajstić information content (AvgIpc) is 2.80. The van der Waals surface area contributed by atoms with Gasteiger partial charge in [0.25, 0.3) is 5.91 Å². The van der Waals surface area contributed by atoms with Crippen molar-refractivity contribution in [1.29, 1.82) is 0 Å². The number of nitrogens with one attached hydrogen (secondary N) is 1. The number of halogens is 2. The Bertz CT molecular complexity index is 521. The van der Waals surface area contributed by atoms with Crippen LogP contribution in [0.5, 0.6) is 0 Å². The van der Waals surface area contributed by atoms with E-state index in [2.05, 4.69) is 43.8 Å². The van der Waals surface area contributed by atoms with Gasteiger partial charge in [0.05, 0.1) is 11.5 Å². The van der Waals surface area contributed by atoms with E-state index in [0.717, 1.165) is 27.3 Å². The minimum atomic E-state index is -0.327. The Morgan fingerprint density at radius 1 is 1.37 bits per heavy atom. The Balaban J connectivity index is 2.12. The highest BCUT2D eigenvalue weighted by molar-refractivity contribution is 14.1. The summed E-state index contributed by atoms with van der Waals surface area (Å²) in [5.41, 5.74) is 5.97. The number of carbonyl (C=O) groups excluding carboxylic acids is 2. The lowest BCUT2D eigenvalue weighted by molar-refractivity contribution is -0.122. The number of amides is 2. The maximum atomic E-state index is 12.3. The van der Waals surface area contributed by atoms with Gasteiger partial charge in [0.1, 0.15) is 0 Å². The lowest BCUT2D eigenvalue weighted by Gasteiger charge is -2.18. The minimum Gasteiger partial charge on any atom is -0.369 e. The zero-order valence-corrected chi connectivity index (χ0v) is 13.9. The largest absolute Gasteiger partial charge is 0.369 e. The Kier molecular flexibility index (Phi) is 4.83. The molecule has 3 N–H and O–H groups in total. The second-order valence-electron chi connectivity index (χ2n) is 4.64. The molecule has 0 bridgehead atoms. The molecule has 2 amide bonds. The summed E-state index contributed by atoms with van der Waals surface area (Å²) in [6.07, 6.45) is 2.49. The highest BCUT2D eigenvalue weighted by atomic mass is 127. The van der Waals surface area contributed by atoms with Gasteiger partial charge in [-0.25, -0.2) is 0 Å². The fourth-order valence-corrected chi connectivity index (χ4v) is 3.33. The first-order valence-corrected chi connectivity index (χ1v) is 7.91. The van der Waals surface area contributed by atoms with Crippen LogP contribution in [0.2, 0.25) is 0 Å². The molecule has 0 radical (unpaired) electrons. The molecule has 1 aromatic carbocycles. The van der Waals surface area contributed by atoms with Crippen LogP contribution in [0.15, 0.2) is 22.7 Å². The summed E-state index contributed by atoms with van der Waals surface area (Å²) in [6, 6.07) is 5.41. The predicted molar refractivity (Wildman–Crippen MR) is 84.6 cm³/mol. The minimum absolute atomic E-state index is 0.139. The molecular weight excluding hydrogens is 423 g/mol. The quantitative estimate of drug-likeness (QED) is 0.714. The van der Waals surface area contributed by atoms with Crippen LogP contribution in [0, 0.1) is 9.49 Å². The Morgan fingerprint density at radius 3 is 2.79 bits per heavy atom. The van der Waals surface area contributed by atoms with Crippen LogP contribution in [-0.4, -0.2) is 17.9 Å². The molecule has 2 rings (SSSR count). The van der Waals surface area contributed by atoms with Crippen LogP contribution in [0.4, 0.5) is 0 Å². The summed E-state index contributed by atoms with van der Waals surface area (Å²) in [7, 11) is 0. The molecule has 0 aromatic heterocycles. The number of rotatable bonds is 3. The summed E-state index contributed by atoms with van der Waals surface area (Å²) in [6.45, 7) is 0. The van der Waals surface area contributed by atoms with Gasteiger partial charge < -0.3 is 11.1 Å². The van der Waals surface area contributed by atoms with Gasteiger partial charge in [-0.1, -0.05) is 22.4 Å². The second kappa shape index (κ2) is 6.21. The lowest BCUT2D eigenvalue weighted by Crippen LogP contribution is -2.42. The maximum Gasteiger partial charge on any atom is 0.252 e. The molecule has 0 aliphatic heterocycles. The van der Waals surface area contributed by atoms with Gasteiger partial charge >= 0.3 is 0 Å². The van der Waals surface area contributed by atoms with E-state index in [1.165, 1.54) is 0 Å². The van der Waals surface area contributed by atoms with E-state index in [9.17, 15) is 9.59 Å². The number of carbonyl (C=O) groups is 2. The van der Waals surface area contributed by atoms with Crippen LogP contribution >= 0.6 is 38.5 Å². The van der Waals surface area contributed by atoms with E-state index in [1.807, 2.05) is 12.1 Å². The van der Waals surface area contributed by atoms with Crippen molar-refractivity contribution < 1.29 is 9.59 Å². The molecule has 6 heteroatoms. The van der Waals surface area contributed by atoms with Crippen LogP contribution in [0.25, 0.3) is 0 Å². The van der Waals surface area contributed by atoms with Crippen molar-refractivity contribution in [2.75, 3.05) is 0 Å². The highest BCUT2D eigenvalue weighted by Crippen LogP contribution is 2.26. The van der Waals surface area contributed by atoms with Gasteiger partial charge in [0.15, 0.2) is 0 Å². The summed E-state index contributed by atoms with van der Waals surface area (Å²) in [5, 5.41) is 2.93. The van der Waals surface area contributed by atoms with Crippen LogP contribution in [0.3, 0.4) is 0 Å². The molecule has 1 aromatic rings. The third kappa shape index (κ3) is 3.47. The molecule has 0 saturated heterocycles. The molecule has 2 atom stereocenters. The summed E-state index contributed by atoms with van der Waals surface area (Å²) < 4.78 is 1.74. The first-order valence-electron chi connectivity index (χ1n) is 6.04. The third-order valence-corrected chi connectivity index (χ3v) is 4.80. The number of primary amides is 1. The maximum absolute atomic E-state index is 12.3. The van der Waals surface area contributed by atoms with Crippen molar-refractivity contribution in [3.8, 4) is 0 Å². The van der Waals surface area contributed by atoms with Gasteiger partial charge in [-0.2, -0.15) is 0 Å². The zero-order chi connectivity index (χ0) is 14.0. The lowest BCUT2D eigenvalue weighted by atomic mass is 10.0.